The standard InChI is InChI=1S/C17H25N3O3/c1-3-13(2)18-17(22)19-15(14-7-5-4-6-8-14)16(21)20-9-11-23-12-10-20/h4-8,13,15H,3,9-12H2,1-2H3,(H2,18,19,22). The van der Waals surface area contributed by atoms with Gasteiger partial charge in [-0.3, -0.25) is 4.79 Å². The van der Waals surface area contributed by atoms with Crippen LogP contribution >= 0.6 is 0 Å². The lowest BCUT2D eigenvalue weighted by molar-refractivity contribution is -0.137. The van der Waals surface area contributed by atoms with E-state index in [-0.39, 0.29) is 18.0 Å². The summed E-state index contributed by atoms with van der Waals surface area (Å²) < 4.78 is 5.29. The van der Waals surface area contributed by atoms with Crippen LogP contribution in [0.5, 0.6) is 0 Å². The van der Waals surface area contributed by atoms with Crippen LogP contribution in [-0.4, -0.2) is 49.2 Å². The molecule has 6 heteroatoms. The normalized spacial score (nSPS) is 17.2. The van der Waals surface area contributed by atoms with Gasteiger partial charge < -0.3 is 20.3 Å². The molecule has 23 heavy (non-hydrogen) atoms. The number of benzene rings is 1. The van der Waals surface area contributed by atoms with Gasteiger partial charge in [0.05, 0.1) is 13.2 Å². The smallest absolute Gasteiger partial charge is 0.315 e. The Morgan fingerprint density at radius 1 is 1.17 bits per heavy atom. The molecule has 2 N–H and O–H groups in total. The number of carbonyl (C=O) groups is 2. The van der Waals surface area contributed by atoms with E-state index < -0.39 is 6.04 Å². The molecule has 3 amide bonds. The van der Waals surface area contributed by atoms with Gasteiger partial charge in [-0.05, 0) is 18.9 Å². The van der Waals surface area contributed by atoms with Gasteiger partial charge in [0.15, 0.2) is 0 Å². The van der Waals surface area contributed by atoms with E-state index in [1.807, 2.05) is 44.2 Å². The highest BCUT2D eigenvalue weighted by atomic mass is 16.5. The van der Waals surface area contributed by atoms with Crippen molar-refractivity contribution in [1.29, 1.82) is 0 Å². The minimum Gasteiger partial charge on any atom is -0.378 e. The molecule has 1 heterocycles. The van der Waals surface area contributed by atoms with Crippen molar-refractivity contribution in [3.8, 4) is 0 Å². The SMILES string of the molecule is CCC(C)NC(=O)NC(C(=O)N1CCOCC1)c1ccccc1. The van der Waals surface area contributed by atoms with Crippen molar-refractivity contribution in [2.45, 2.75) is 32.4 Å². The molecule has 1 aromatic rings. The first-order valence-corrected chi connectivity index (χ1v) is 8.10. The highest BCUT2D eigenvalue weighted by Crippen LogP contribution is 2.16. The Hall–Kier alpha value is -2.08. The lowest BCUT2D eigenvalue weighted by atomic mass is 10.1. The fraction of sp³-hybridized carbons (Fsp3) is 0.529. The number of urea groups is 1. The number of amides is 3. The van der Waals surface area contributed by atoms with E-state index in [1.54, 1.807) is 4.90 Å². The molecule has 0 aromatic heterocycles. The summed E-state index contributed by atoms with van der Waals surface area (Å²) in [6.07, 6.45) is 0.834. The number of hydrogen-bond donors (Lipinski definition) is 2. The largest absolute Gasteiger partial charge is 0.378 e. The summed E-state index contributed by atoms with van der Waals surface area (Å²) in [7, 11) is 0. The third-order valence-corrected chi connectivity index (χ3v) is 3.97. The molecule has 0 bridgehead atoms. The molecule has 6 nitrogen and oxygen atoms in total. The average Bonchev–Trinajstić information content (AvgIpc) is 2.60. The summed E-state index contributed by atoms with van der Waals surface area (Å²) in [5, 5.41) is 5.66. The van der Waals surface area contributed by atoms with E-state index in [0.29, 0.717) is 26.3 Å². The van der Waals surface area contributed by atoms with E-state index in [9.17, 15) is 9.59 Å². The second-order valence-electron chi connectivity index (χ2n) is 5.71. The summed E-state index contributed by atoms with van der Waals surface area (Å²) in [5.74, 6) is -0.0983. The summed E-state index contributed by atoms with van der Waals surface area (Å²) in [6, 6.07) is 8.38. The van der Waals surface area contributed by atoms with Crippen molar-refractivity contribution in [2.24, 2.45) is 0 Å². The highest BCUT2D eigenvalue weighted by Gasteiger charge is 2.28. The molecule has 2 atom stereocenters. The lowest BCUT2D eigenvalue weighted by Crippen LogP contribution is -2.50. The minimum atomic E-state index is -0.682. The van der Waals surface area contributed by atoms with Crippen LogP contribution in [0.25, 0.3) is 0 Å². The Kier molecular flexibility index (Phi) is 6.40. The zero-order chi connectivity index (χ0) is 16.7. The number of nitrogens with one attached hydrogen (secondary N) is 2. The van der Waals surface area contributed by atoms with Gasteiger partial charge in [-0.2, -0.15) is 0 Å². The Morgan fingerprint density at radius 3 is 2.43 bits per heavy atom. The van der Waals surface area contributed by atoms with E-state index in [1.165, 1.54) is 0 Å². The van der Waals surface area contributed by atoms with Crippen LogP contribution in [0.1, 0.15) is 31.9 Å². The minimum absolute atomic E-state index is 0.0601. The van der Waals surface area contributed by atoms with Crippen molar-refractivity contribution < 1.29 is 14.3 Å². The number of rotatable bonds is 5. The summed E-state index contributed by atoms with van der Waals surface area (Å²) >= 11 is 0. The maximum atomic E-state index is 12.8. The first-order chi connectivity index (χ1) is 11.1. The quantitative estimate of drug-likeness (QED) is 0.867. The van der Waals surface area contributed by atoms with Crippen molar-refractivity contribution >= 4 is 11.9 Å². The zero-order valence-corrected chi connectivity index (χ0v) is 13.7. The van der Waals surface area contributed by atoms with Crippen LogP contribution in [-0.2, 0) is 9.53 Å². The van der Waals surface area contributed by atoms with Gasteiger partial charge in [-0.1, -0.05) is 37.3 Å². The molecule has 1 aliphatic rings. The van der Waals surface area contributed by atoms with E-state index in [2.05, 4.69) is 10.6 Å². The maximum absolute atomic E-state index is 12.8. The maximum Gasteiger partial charge on any atom is 0.315 e. The topological polar surface area (TPSA) is 70.7 Å². The second kappa shape index (κ2) is 8.53. The monoisotopic (exact) mass is 319 g/mol. The molecule has 1 aromatic carbocycles. The third kappa shape index (κ3) is 4.96. The fourth-order valence-corrected chi connectivity index (χ4v) is 2.40. The van der Waals surface area contributed by atoms with Crippen molar-refractivity contribution in [3.63, 3.8) is 0 Å². The Morgan fingerprint density at radius 2 is 1.83 bits per heavy atom. The average molecular weight is 319 g/mol. The van der Waals surface area contributed by atoms with Crippen molar-refractivity contribution in [1.82, 2.24) is 15.5 Å². The molecule has 1 aliphatic heterocycles. The number of hydrogen-bond acceptors (Lipinski definition) is 3. The van der Waals surface area contributed by atoms with Crippen molar-refractivity contribution in [3.05, 3.63) is 35.9 Å². The van der Waals surface area contributed by atoms with Gasteiger partial charge in [-0.25, -0.2) is 4.79 Å². The number of morpholine rings is 1. The van der Waals surface area contributed by atoms with Gasteiger partial charge >= 0.3 is 6.03 Å². The molecule has 126 valence electrons. The molecule has 0 aliphatic carbocycles. The second-order valence-corrected chi connectivity index (χ2v) is 5.71. The molecule has 0 radical (unpaired) electrons. The third-order valence-electron chi connectivity index (χ3n) is 3.97. The molecular formula is C17H25N3O3. The number of nitrogens with zero attached hydrogens (tertiary/aromatic N) is 1. The van der Waals surface area contributed by atoms with Gasteiger partial charge in [0.1, 0.15) is 6.04 Å². The van der Waals surface area contributed by atoms with Crippen LogP contribution in [0, 0.1) is 0 Å². The van der Waals surface area contributed by atoms with Gasteiger partial charge in [-0.15, -0.1) is 0 Å². The first kappa shape index (κ1) is 17.3. The highest BCUT2D eigenvalue weighted by molar-refractivity contribution is 5.88. The number of ether oxygens (including phenoxy) is 1. The predicted molar refractivity (Wildman–Crippen MR) is 88.0 cm³/mol. The van der Waals surface area contributed by atoms with Crippen LogP contribution in [0.15, 0.2) is 30.3 Å². The van der Waals surface area contributed by atoms with Crippen LogP contribution in [0.2, 0.25) is 0 Å². The summed E-state index contributed by atoms with van der Waals surface area (Å²) in [6.45, 7) is 6.10. The Labute approximate surface area is 137 Å². The molecule has 2 rings (SSSR count). The molecular weight excluding hydrogens is 294 g/mol. The van der Waals surface area contributed by atoms with Crippen LogP contribution < -0.4 is 10.6 Å². The fourth-order valence-electron chi connectivity index (χ4n) is 2.40. The van der Waals surface area contributed by atoms with Gasteiger partial charge in [0, 0.05) is 19.1 Å². The molecule has 1 saturated heterocycles. The zero-order valence-electron chi connectivity index (χ0n) is 13.7. The van der Waals surface area contributed by atoms with Gasteiger partial charge in [0.25, 0.3) is 0 Å². The van der Waals surface area contributed by atoms with Crippen molar-refractivity contribution in [2.75, 3.05) is 26.3 Å². The van der Waals surface area contributed by atoms with Crippen LogP contribution in [0.4, 0.5) is 4.79 Å². The van der Waals surface area contributed by atoms with E-state index >= 15 is 0 Å². The lowest BCUT2D eigenvalue weighted by Gasteiger charge is -2.31. The summed E-state index contributed by atoms with van der Waals surface area (Å²) in [5.41, 5.74) is 0.781. The van der Waals surface area contributed by atoms with E-state index in [4.69, 9.17) is 4.74 Å². The van der Waals surface area contributed by atoms with E-state index in [0.717, 1.165) is 12.0 Å². The molecule has 0 spiro atoms. The summed E-state index contributed by atoms with van der Waals surface area (Å²) in [4.78, 5) is 26.7. The van der Waals surface area contributed by atoms with Crippen LogP contribution in [0.3, 0.4) is 0 Å². The Balaban J connectivity index is 2.11. The van der Waals surface area contributed by atoms with Gasteiger partial charge in [0.2, 0.25) is 5.91 Å². The first-order valence-electron chi connectivity index (χ1n) is 8.10. The molecule has 2 unspecified atom stereocenters. The molecule has 0 saturated carbocycles. The Bertz CT molecular complexity index is 515. The number of carbonyl (C=O) groups excluding carboxylic acids is 2. The predicted octanol–water partition coefficient (Wildman–Crippen LogP) is 1.68. The molecule has 1 fully saturated rings.